The van der Waals surface area contributed by atoms with Gasteiger partial charge in [0.1, 0.15) is 5.92 Å². The fourth-order valence-electron chi connectivity index (χ4n) is 3.09. The van der Waals surface area contributed by atoms with Crippen LogP contribution in [0.2, 0.25) is 0 Å². The van der Waals surface area contributed by atoms with Crippen LogP contribution in [0.25, 0.3) is 0 Å². The van der Waals surface area contributed by atoms with E-state index in [1.807, 2.05) is 5.32 Å². The van der Waals surface area contributed by atoms with Crippen molar-refractivity contribution in [1.82, 2.24) is 10.6 Å². The average Bonchev–Trinajstić information content (AvgIpc) is 2.67. The minimum atomic E-state index is -6.90. The van der Waals surface area contributed by atoms with Crippen molar-refractivity contribution in [2.45, 2.75) is 42.9 Å². The first-order valence-corrected chi connectivity index (χ1v) is 8.59. The minimum absolute atomic E-state index is 0.173. The van der Waals surface area contributed by atoms with E-state index in [4.69, 9.17) is 0 Å². The van der Waals surface area contributed by atoms with Crippen LogP contribution in [0.1, 0.15) is 18.5 Å². The summed E-state index contributed by atoms with van der Waals surface area (Å²) in [6.07, 6.45) is -5.26. The summed E-state index contributed by atoms with van der Waals surface area (Å²) < 4.78 is 114. The third-order valence-electron chi connectivity index (χ3n) is 4.64. The summed E-state index contributed by atoms with van der Waals surface area (Å²) in [6.45, 7) is 0.664. The van der Waals surface area contributed by atoms with Crippen LogP contribution in [0.5, 0.6) is 0 Å². The van der Waals surface area contributed by atoms with Crippen molar-refractivity contribution < 1.29 is 54.6 Å². The largest absolute Gasteiger partial charge is 0.466 e. The quantitative estimate of drug-likeness (QED) is 0.428. The van der Waals surface area contributed by atoms with Gasteiger partial charge in [0.25, 0.3) is 0 Å². The average molecular weight is 464 g/mol. The van der Waals surface area contributed by atoms with Gasteiger partial charge >= 0.3 is 36.2 Å². The fraction of sp³-hybridized carbons (Fsp3) is 0.529. The Labute approximate surface area is 169 Å². The monoisotopic (exact) mass is 464 g/mol. The number of hydrogen-bond acceptors (Lipinski definition) is 4. The van der Waals surface area contributed by atoms with E-state index in [0.717, 1.165) is 17.4 Å². The second-order valence-electron chi connectivity index (χ2n) is 6.56. The Kier molecular flexibility index (Phi) is 6.46. The van der Waals surface area contributed by atoms with Crippen LogP contribution >= 0.6 is 0 Å². The maximum atomic E-state index is 14.8. The Bertz CT molecular complexity index is 824. The second-order valence-corrected chi connectivity index (χ2v) is 6.56. The summed E-state index contributed by atoms with van der Waals surface area (Å²) in [5.41, 5.74) is -4.92. The molecule has 14 heteroatoms. The highest BCUT2D eigenvalue weighted by Gasteiger charge is 2.84. The molecule has 3 atom stereocenters. The van der Waals surface area contributed by atoms with Crippen LogP contribution in [0.3, 0.4) is 0 Å². The number of amides is 2. The standard InChI is InChI=1S/C17H16F8N2O4/c1-2-31-11(28)9-10(8-6-4-3-5-7-8)26-13(29)27-15(9,30)17(24,25)16(22,23)14(20,21)12(18)19/h3-7,9-10,12,30H,2H2,1H3,(H2,26,27,29)/t9-,10-,15+/m0/s1. The number of carbonyl (C=O) groups is 2. The van der Waals surface area contributed by atoms with Crippen LogP contribution in [0.4, 0.5) is 39.9 Å². The van der Waals surface area contributed by atoms with E-state index in [-0.39, 0.29) is 5.56 Å². The number of urea groups is 1. The molecule has 2 amide bonds. The molecule has 0 radical (unpaired) electrons. The molecular formula is C17H16F8N2O4. The summed E-state index contributed by atoms with van der Waals surface area (Å²) in [5.74, 6) is -24.6. The second kappa shape index (κ2) is 8.13. The van der Waals surface area contributed by atoms with E-state index in [1.165, 1.54) is 25.1 Å². The van der Waals surface area contributed by atoms with Gasteiger partial charge in [-0.25, -0.2) is 13.6 Å². The van der Waals surface area contributed by atoms with Crippen molar-refractivity contribution >= 4 is 12.0 Å². The third kappa shape index (κ3) is 3.77. The van der Waals surface area contributed by atoms with Crippen LogP contribution in [0, 0.1) is 5.92 Å². The van der Waals surface area contributed by atoms with Gasteiger partial charge in [-0.2, -0.15) is 26.3 Å². The van der Waals surface area contributed by atoms with Crippen molar-refractivity contribution in [3.8, 4) is 0 Å². The highest BCUT2D eigenvalue weighted by Crippen LogP contribution is 2.55. The van der Waals surface area contributed by atoms with Gasteiger partial charge in [-0.15, -0.1) is 0 Å². The molecular weight excluding hydrogens is 448 g/mol. The summed E-state index contributed by atoms with van der Waals surface area (Å²) in [7, 11) is 0. The van der Waals surface area contributed by atoms with Crippen LogP contribution in [-0.4, -0.2) is 53.6 Å². The van der Waals surface area contributed by atoms with Gasteiger partial charge < -0.3 is 20.5 Å². The van der Waals surface area contributed by atoms with Crippen molar-refractivity contribution in [2.75, 3.05) is 6.61 Å². The number of esters is 1. The molecule has 1 aromatic rings. The number of ether oxygens (including phenoxy) is 1. The molecule has 6 nitrogen and oxygen atoms in total. The normalized spacial score (nSPS) is 25.1. The van der Waals surface area contributed by atoms with E-state index < -0.39 is 60.5 Å². The van der Waals surface area contributed by atoms with Crippen molar-refractivity contribution in [1.29, 1.82) is 0 Å². The van der Waals surface area contributed by atoms with Gasteiger partial charge in [-0.1, -0.05) is 30.3 Å². The first-order valence-electron chi connectivity index (χ1n) is 8.59. The maximum absolute atomic E-state index is 14.8. The van der Waals surface area contributed by atoms with E-state index in [9.17, 15) is 49.8 Å². The number of nitrogens with one attached hydrogen (secondary N) is 2. The zero-order valence-electron chi connectivity index (χ0n) is 15.5. The number of rotatable bonds is 7. The smallest absolute Gasteiger partial charge is 0.382 e. The third-order valence-corrected chi connectivity index (χ3v) is 4.64. The summed E-state index contributed by atoms with van der Waals surface area (Å²) in [4.78, 5) is 24.3. The first kappa shape index (κ1) is 24.6. The summed E-state index contributed by atoms with van der Waals surface area (Å²) in [6, 6.07) is 2.57. The Morgan fingerprint density at radius 2 is 1.71 bits per heavy atom. The zero-order valence-corrected chi connectivity index (χ0v) is 15.5. The van der Waals surface area contributed by atoms with E-state index in [1.54, 1.807) is 0 Å². The molecule has 0 spiro atoms. The van der Waals surface area contributed by atoms with Crippen LogP contribution < -0.4 is 10.6 Å². The number of aliphatic hydroxyl groups is 1. The summed E-state index contributed by atoms with van der Waals surface area (Å²) >= 11 is 0. The Morgan fingerprint density at radius 3 is 2.19 bits per heavy atom. The van der Waals surface area contributed by atoms with Crippen LogP contribution in [0.15, 0.2) is 30.3 Å². The Hall–Kier alpha value is -2.64. The number of alkyl halides is 8. The maximum Gasteiger partial charge on any atom is 0.382 e. The predicted molar refractivity (Wildman–Crippen MR) is 86.8 cm³/mol. The molecule has 31 heavy (non-hydrogen) atoms. The molecule has 1 aromatic carbocycles. The minimum Gasteiger partial charge on any atom is -0.466 e. The van der Waals surface area contributed by atoms with Gasteiger partial charge in [0.2, 0.25) is 5.72 Å². The van der Waals surface area contributed by atoms with Gasteiger partial charge in [-0.3, -0.25) is 4.79 Å². The molecule has 0 bridgehead atoms. The molecule has 174 valence electrons. The highest BCUT2D eigenvalue weighted by molar-refractivity contribution is 5.83. The molecule has 1 aliphatic heterocycles. The molecule has 1 heterocycles. The summed E-state index contributed by atoms with van der Waals surface area (Å²) in [5, 5.41) is 13.3. The Balaban J connectivity index is 2.72. The SMILES string of the molecule is CCOC(=O)[C@@H]1[C@H](c2ccccc2)NC(=O)N[C@]1(O)C(F)(F)C(F)(F)C(F)(F)C(F)F. The lowest BCUT2D eigenvalue weighted by Crippen LogP contribution is -2.79. The molecule has 1 aliphatic rings. The van der Waals surface area contributed by atoms with Gasteiger partial charge in [-0.05, 0) is 12.5 Å². The van der Waals surface area contributed by atoms with Crippen LogP contribution in [-0.2, 0) is 9.53 Å². The number of hydrogen-bond donors (Lipinski definition) is 3. The van der Waals surface area contributed by atoms with E-state index >= 15 is 0 Å². The number of carbonyl (C=O) groups excluding carboxylic acids is 2. The molecule has 2 rings (SSSR count). The number of halogens is 8. The van der Waals surface area contributed by atoms with Gasteiger partial charge in [0.05, 0.1) is 12.6 Å². The molecule has 0 saturated carbocycles. The van der Waals surface area contributed by atoms with Crippen molar-refractivity contribution in [3.05, 3.63) is 35.9 Å². The first-order chi connectivity index (χ1) is 14.1. The molecule has 3 N–H and O–H groups in total. The Morgan fingerprint density at radius 1 is 1.16 bits per heavy atom. The lowest BCUT2D eigenvalue weighted by molar-refractivity contribution is -0.385. The zero-order chi connectivity index (χ0) is 23.8. The fourth-order valence-corrected chi connectivity index (χ4v) is 3.09. The lowest BCUT2D eigenvalue weighted by Gasteiger charge is -2.49. The molecule has 0 aliphatic carbocycles. The lowest BCUT2D eigenvalue weighted by atomic mass is 9.76. The van der Waals surface area contributed by atoms with Gasteiger partial charge in [0.15, 0.2) is 0 Å². The molecule has 1 saturated heterocycles. The van der Waals surface area contributed by atoms with Gasteiger partial charge in [0, 0.05) is 0 Å². The number of benzene rings is 1. The van der Waals surface area contributed by atoms with Crippen molar-refractivity contribution in [3.63, 3.8) is 0 Å². The molecule has 0 unspecified atom stereocenters. The highest BCUT2D eigenvalue weighted by atomic mass is 19.4. The molecule has 0 aromatic heterocycles. The topological polar surface area (TPSA) is 87.7 Å². The predicted octanol–water partition coefficient (Wildman–Crippen LogP) is 3.08. The molecule has 1 fully saturated rings. The van der Waals surface area contributed by atoms with E-state index in [0.29, 0.717) is 0 Å². The van der Waals surface area contributed by atoms with E-state index in [2.05, 4.69) is 4.74 Å². The van der Waals surface area contributed by atoms with Crippen molar-refractivity contribution in [2.24, 2.45) is 5.92 Å².